The molecule has 2 N–H and O–H groups in total. The lowest BCUT2D eigenvalue weighted by atomic mass is 10.1. The molecular formula is C19H24ClN2O2+. The van der Waals surface area contributed by atoms with Gasteiger partial charge in [0.2, 0.25) is 0 Å². The molecule has 0 fully saturated rings. The van der Waals surface area contributed by atoms with Crippen LogP contribution in [0.3, 0.4) is 0 Å². The number of hydrogen-bond acceptors (Lipinski definition) is 2. The molecule has 2 atom stereocenters. The van der Waals surface area contributed by atoms with Gasteiger partial charge in [-0.15, -0.1) is 0 Å². The van der Waals surface area contributed by atoms with E-state index in [1.165, 1.54) is 0 Å². The summed E-state index contributed by atoms with van der Waals surface area (Å²) in [7, 11) is 2.01. The third kappa shape index (κ3) is 4.98. The molecule has 2 rings (SSSR count). The number of amides is 1. The highest BCUT2D eigenvalue weighted by molar-refractivity contribution is 6.33. The molecule has 0 heterocycles. The lowest BCUT2D eigenvalue weighted by Crippen LogP contribution is -3.12. The average Bonchev–Trinajstić information content (AvgIpc) is 2.58. The van der Waals surface area contributed by atoms with Crippen molar-refractivity contribution in [3.05, 3.63) is 59.1 Å². The van der Waals surface area contributed by atoms with Crippen LogP contribution in [0.25, 0.3) is 0 Å². The molecule has 0 aliphatic carbocycles. The summed E-state index contributed by atoms with van der Waals surface area (Å²) < 4.78 is 5.45. The van der Waals surface area contributed by atoms with Crippen molar-refractivity contribution in [3.8, 4) is 5.75 Å². The fraction of sp³-hybridized carbons (Fsp3) is 0.316. The summed E-state index contributed by atoms with van der Waals surface area (Å²) in [4.78, 5) is 13.5. The lowest BCUT2D eigenvalue weighted by Gasteiger charge is -2.21. The molecule has 0 saturated heterocycles. The number of carbonyl (C=O) groups excluding carboxylic acids is 1. The smallest absolute Gasteiger partial charge is 0.282 e. The van der Waals surface area contributed by atoms with Crippen molar-refractivity contribution in [1.29, 1.82) is 0 Å². The number of para-hydroxylation sites is 1. The Bertz CT molecular complexity index is 673. The van der Waals surface area contributed by atoms with Gasteiger partial charge in [0, 0.05) is 5.56 Å². The summed E-state index contributed by atoms with van der Waals surface area (Å²) in [6.45, 7) is 5.29. The van der Waals surface area contributed by atoms with Gasteiger partial charge in [-0.25, -0.2) is 0 Å². The second-order valence-electron chi connectivity index (χ2n) is 5.79. The summed E-state index contributed by atoms with van der Waals surface area (Å²) in [6.07, 6.45) is 0. The van der Waals surface area contributed by atoms with Crippen molar-refractivity contribution in [2.45, 2.75) is 26.4 Å². The minimum absolute atomic E-state index is 0.0495. The molecule has 0 aliphatic heterocycles. The zero-order chi connectivity index (χ0) is 17.5. The largest absolute Gasteiger partial charge is 0.494 e. The second kappa shape index (κ2) is 8.71. The van der Waals surface area contributed by atoms with Crippen LogP contribution < -0.4 is 15.0 Å². The summed E-state index contributed by atoms with van der Waals surface area (Å²) in [5.41, 5.74) is 1.80. The number of halogens is 1. The summed E-state index contributed by atoms with van der Waals surface area (Å²) in [5, 5.41) is 3.43. The predicted octanol–water partition coefficient (Wildman–Crippen LogP) is 2.78. The average molecular weight is 348 g/mol. The molecule has 128 valence electrons. The van der Waals surface area contributed by atoms with Crippen LogP contribution in [-0.2, 0) is 11.3 Å². The van der Waals surface area contributed by atoms with Crippen molar-refractivity contribution in [2.24, 2.45) is 0 Å². The van der Waals surface area contributed by atoms with Crippen LogP contribution >= 0.6 is 11.6 Å². The molecular weight excluding hydrogens is 324 g/mol. The Labute approximate surface area is 148 Å². The fourth-order valence-electron chi connectivity index (χ4n) is 2.37. The van der Waals surface area contributed by atoms with Crippen molar-refractivity contribution < 1.29 is 14.4 Å². The molecule has 1 unspecified atom stereocenters. The summed E-state index contributed by atoms with van der Waals surface area (Å²) in [6, 6.07) is 15.0. The van der Waals surface area contributed by atoms with Gasteiger partial charge in [0.25, 0.3) is 5.91 Å². The monoisotopic (exact) mass is 347 g/mol. The van der Waals surface area contributed by atoms with Gasteiger partial charge >= 0.3 is 0 Å². The van der Waals surface area contributed by atoms with E-state index < -0.39 is 0 Å². The van der Waals surface area contributed by atoms with E-state index in [0.717, 1.165) is 22.8 Å². The molecule has 0 aliphatic rings. The first-order valence-electron chi connectivity index (χ1n) is 8.10. The SMILES string of the molecule is CCOc1ccc(C[NH+](C)[C@@H](C)C(=O)Nc2ccccc2Cl)cc1. The molecule has 4 nitrogen and oxygen atoms in total. The van der Waals surface area contributed by atoms with Crippen LogP contribution in [0.5, 0.6) is 5.75 Å². The topological polar surface area (TPSA) is 42.8 Å². The van der Waals surface area contributed by atoms with E-state index in [4.69, 9.17) is 16.3 Å². The molecule has 24 heavy (non-hydrogen) atoms. The highest BCUT2D eigenvalue weighted by Gasteiger charge is 2.22. The third-order valence-corrected chi connectivity index (χ3v) is 4.31. The number of rotatable bonds is 7. The first kappa shape index (κ1) is 18.3. The number of ether oxygens (including phenoxy) is 1. The predicted molar refractivity (Wildman–Crippen MR) is 97.7 cm³/mol. The Morgan fingerprint density at radius 3 is 2.50 bits per heavy atom. The van der Waals surface area contributed by atoms with Crippen LogP contribution in [0.2, 0.25) is 5.02 Å². The zero-order valence-electron chi connectivity index (χ0n) is 14.3. The van der Waals surface area contributed by atoms with Crippen molar-refractivity contribution in [1.82, 2.24) is 0 Å². The number of anilines is 1. The maximum atomic E-state index is 12.4. The van der Waals surface area contributed by atoms with Crippen molar-refractivity contribution in [3.63, 3.8) is 0 Å². The number of likely N-dealkylation sites (N-methyl/N-ethyl adjacent to an activating group) is 1. The van der Waals surface area contributed by atoms with Crippen LogP contribution in [0.4, 0.5) is 5.69 Å². The Morgan fingerprint density at radius 1 is 1.21 bits per heavy atom. The molecule has 5 heteroatoms. The number of nitrogens with one attached hydrogen (secondary N) is 2. The molecule has 0 radical (unpaired) electrons. The minimum atomic E-state index is -0.201. The molecule has 0 spiro atoms. The van der Waals surface area contributed by atoms with E-state index in [9.17, 15) is 4.79 Å². The van der Waals surface area contributed by atoms with E-state index in [-0.39, 0.29) is 11.9 Å². The molecule has 2 aromatic carbocycles. The van der Waals surface area contributed by atoms with Gasteiger partial charge in [0.05, 0.1) is 24.4 Å². The van der Waals surface area contributed by atoms with Crippen LogP contribution in [-0.4, -0.2) is 25.6 Å². The molecule has 1 amide bonds. The van der Waals surface area contributed by atoms with Crippen LogP contribution in [0.15, 0.2) is 48.5 Å². The molecule has 0 saturated carbocycles. The molecule has 0 aromatic heterocycles. The standard InChI is InChI=1S/C19H23ClN2O2/c1-4-24-16-11-9-15(10-12-16)13-22(3)14(2)19(23)21-18-8-6-5-7-17(18)20/h5-12,14H,4,13H2,1-3H3,(H,21,23)/p+1/t14-/m0/s1. The number of carbonyl (C=O) groups is 1. The van der Waals surface area contributed by atoms with Gasteiger partial charge < -0.3 is 15.0 Å². The van der Waals surface area contributed by atoms with E-state index in [1.54, 1.807) is 12.1 Å². The Kier molecular flexibility index (Phi) is 6.64. The Hall–Kier alpha value is -2.04. The first-order valence-corrected chi connectivity index (χ1v) is 8.48. The molecule has 2 aromatic rings. The van der Waals surface area contributed by atoms with Gasteiger partial charge in [-0.3, -0.25) is 4.79 Å². The number of quaternary nitrogens is 1. The fourth-order valence-corrected chi connectivity index (χ4v) is 2.56. The van der Waals surface area contributed by atoms with E-state index in [1.807, 2.05) is 57.3 Å². The van der Waals surface area contributed by atoms with E-state index in [2.05, 4.69) is 5.32 Å². The van der Waals surface area contributed by atoms with E-state index >= 15 is 0 Å². The Balaban J connectivity index is 1.94. The lowest BCUT2D eigenvalue weighted by molar-refractivity contribution is -0.907. The van der Waals surface area contributed by atoms with Crippen molar-refractivity contribution >= 4 is 23.2 Å². The normalized spacial score (nSPS) is 13.2. The van der Waals surface area contributed by atoms with Gasteiger partial charge in [-0.1, -0.05) is 23.7 Å². The van der Waals surface area contributed by atoms with Gasteiger partial charge in [-0.05, 0) is 50.2 Å². The number of hydrogen-bond donors (Lipinski definition) is 2. The maximum absolute atomic E-state index is 12.4. The quantitative estimate of drug-likeness (QED) is 0.808. The van der Waals surface area contributed by atoms with Crippen LogP contribution in [0, 0.1) is 0 Å². The van der Waals surface area contributed by atoms with Gasteiger partial charge in [-0.2, -0.15) is 0 Å². The van der Waals surface area contributed by atoms with Crippen LogP contribution in [0.1, 0.15) is 19.4 Å². The molecule has 0 bridgehead atoms. The summed E-state index contributed by atoms with van der Waals surface area (Å²) in [5.74, 6) is 0.815. The summed E-state index contributed by atoms with van der Waals surface area (Å²) >= 11 is 6.09. The number of benzene rings is 2. The van der Waals surface area contributed by atoms with Crippen molar-refractivity contribution in [2.75, 3.05) is 19.0 Å². The highest BCUT2D eigenvalue weighted by Crippen LogP contribution is 2.20. The van der Waals surface area contributed by atoms with E-state index in [0.29, 0.717) is 17.3 Å². The van der Waals surface area contributed by atoms with Gasteiger partial charge in [0.1, 0.15) is 12.3 Å². The van der Waals surface area contributed by atoms with Gasteiger partial charge in [0.15, 0.2) is 6.04 Å². The third-order valence-electron chi connectivity index (χ3n) is 3.98. The minimum Gasteiger partial charge on any atom is -0.494 e. The first-order chi connectivity index (χ1) is 11.5. The Morgan fingerprint density at radius 2 is 1.88 bits per heavy atom. The maximum Gasteiger partial charge on any atom is 0.282 e. The zero-order valence-corrected chi connectivity index (χ0v) is 15.1. The highest BCUT2D eigenvalue weighted by atomic mass is 35.5. The second-order valence-corrected chi connectivity index (χ2v) is 6.20.